The van der Waals surface area contributed by atoms with E-state index in [1.807, 2.05) is 12.1 Å². The lowest BCUT2D eigenvalue weighted by Gasteiger charge is -2.10. The number of rotatable bonds is 3. The summed E-state index contributed by atoms with van der Waals surface area (Å²) in [6.45, 7) is 2.13. The molecule has 3 rings (SSSR count). The van der Waals surface area contributed by atoms with Crippen molar-refractivity contribution in [2.75, 3.05) is 0 Å². The Morgan fingerprint density at radius 1 is 1.20 bits per heavy atom. The average molecular weight is 268 g/mol. The first-order valence-electron chi connectivity index (χ1n) is 7.47. The number of hydrogen-bond acceptors (Lipinski definition) is 2. The van der Waals surface area contributed by atoms with Gasteiger partial charge in [0.1, 0.15) is 5.82 Å². The average Bonchev–Trinajstić information content (AvgIpc) is 3.01. The molecule has 1 aromatic carbocycles. The molecule has 1 aliphatic rings. The fourth-order valence-electron chi connectivity index (χ4n) is 2.94. The molecule has 0 bridgehead atoms. The maximum Gasteiger partial charge on any atom is 0.251 e. The van der Waals surface area contributed by atoms with Crippen molar-refractivity contribution in [2.45, 2.75) is 44.9 Å². The highest BCUT2D eigenvalue weighted by Crippen LogP contribution is 2.32. The Morgan fingerprint density at radius 3 is 2.55 bits per heavy atom. The highest BCUT2D eigenvalue weighted by Gasteiger charge is 2.19. The molecule has 1 aliphatic carbocycles. The van der Waals surface area contributed by atoms with Gasteiger partial charge in [-0.2, -0.15) is 0 Å². The molecule has 0 saturated heterocycles. The molecule has 0 atom stereocenters. The minimum absolute atomic E-state index is 0.0449. The van der Waals surface area contributed by atoms with Crippen LogP contribution in [0.25, 0.3) is 11.4 Å². The molecular formula is C17H20N2O. The van der Waals surface area contributed by atoms with Gasteiger partial charge in [-0.15, -0.1) is 0 Å². The molecule has 0 unspecified atom stereocenters. The molecule has 1 aromatic heterocycles. The van der Waals surface area contributed by atoms with Crippen LogP contribution in [0.3, 0.4) is 0 Å². The smallest absolute Gasteiger partial charge is 0.251 e. The van der Waals surface area contributed by atoms with Crippen LogP contribution in [0.15, 0.2) is 35.1 Å². The number of nitrogens with zero attached hydrogens (tertiary/aromatic N) is 1. The quantitative estimate of drug-likeness (QED) is 0.923. The topological polar surface area (TPSA) is 45.8 Å². The van der Waals surface area contributed by atoms with Gasteiger partial charge in [-0.1, -0.05) is 44.0 Å². The predicted octanol–water partition coefficient (Wildman–Crippen LogP) is 3.66. The number of H-pyrrole nitrogens is 1. The van der Waals surface area contributed by atoms with Crippen LogP contribution in [0.4, 0.5) is 0 Å². The summed E-state index contributed by atoms with van der Waals surface area (Å²) in [6.07, 6.45) is 5.83. The summed E-state index contributed by atoms with van der Waals surface area (Å²) in [5, 5.41) is 0. The van der Waals surface area contributed by atoms with E-state index in [9.17, 15) is 4.79 Å². The number of aromatic amines is 1. The zero-order chi connectivity index (χ0) is 13.9. The predicted molar refractivity (Wildman–Crippen MR) is 80.9 cm³/mol. The first kappa shape index (κ1) is 13.1. The van der Waals surface area contributed by atoms with E-state index in [1.54, 1.807) is 6.07 Å². The minimum Gasteiger partial charge on any atom is -0.307 e. The van der Waals surface area contributed by atoms with Crippen molar-refractivity contribution in [3.8, 4) is 11.4 Å². The van der Waals surface area contributed by atoms with Crippen LogP contribution >= 0.6 is 0 Å². The van der Waals surface area contributed by atoms with E-state index in [0.717, 1.165) is 30.5 Å². The Kier molecular flexibility index (Phi) is 3.68. The summed E-state index contributed by atoms with van der Waals surface area (Å²) < 4.78 is 0. The van der Waals surface area contributed by atoms with E-state index in [-0.39, 0.29) is 5.56 Å². The summed E-state index contributed by atoms with van der Waals surface area (Å²) in [6, 6.07) is 9.93. The molecule has 1 saturated carbocycles. The van der Waals surface area contributed by atoms with Gasteiger partial charge in [-0.05, 0) is 24.8 Å². The Balaban J connectivity index is 1.97. The van der Waals surface area contributed by atoms with Crippen molar-refractivity contribution in [1.82, 2.24) is 9.97 Å². The Hall–Kier alpha value is -1.90. The van der Waals surface area contributed by atoms with Gasteiger partial charge in [0, 0.05) is 17.5 Å². The monoisotopic (exact) mass is 268 g/mol. The second kappa shape index (κ2) is 5.61. The Morgan fingerprint density at radius 2 is 1.90 bits per heavy atom. The van der Waals surface area contributed by atoms with E-state index in [4.69, 9.17) is 0 Å². The molecule has 2 aromatic rings. The third kappa shape index (κ3) is 2.67. The molecule has 0 amide bonds. The van der Waals surface area contributed by atoms with Crippen LogP contribution in [0, 0.1) is 0 Å². The van der Waals surface area contributed by atoms with Crippen LogP contribution in [0.1, 0.15) is 49.8 Å². The van der Waals surface area contributed by atoms with Crippen LogP contribution < -0.4 is 5.56 Å². The second-order valence-corrected chi connectivity index (χ2v) is 5.55. The van der Waals surface area contributed by atoms with E-state index >= 15 is 0 Å². The van der Waals surface area contributed by atoms with Crippen LogP contribution in [-0.2, 0) is 6.42 Å². The standard InChI is InChI=1S/C17H20N2O/c1-2-12-7-9-14(10-8-12)17-18-15(11-16(20)19-17)13-5-3-4-6-13/h7-11,13H,2-6H2,1H3,(H,18,19,20). The van der Waals surface area contributed by atoms with Gasteiger partial charge in [0.15, 0.2) is 0 Å². The van der Waals surface area contributed by atoms with Crippen LogP contribution in [0.2, 0.25) is 0 Å². The van der Waals surface area contributed by atoms with Gasteiger partial charge >= 0.3 is 0 Å². The van der Waals surface area contributed by atoms with Gasteiger partial charge in [-0.3, -0.25) is 4.79 Å². The number of nitrogens with one attached hydrogen (secondary N) is 1. The molecule has 1 fully saturated rings. The first-order chi connectivity index (χ1) is 9.76. The van der Waals surface area contributed by atoms with Crippen molar-refractivity contribution >= 4 is 0 Å². The highest BCUT2D eigenvalue weighted by molar-refractivity contribution is 5.55. The molecule has 0 spiro atoms. The SMILES string of the molecule is CCc1ccc(-c2nc(C3CCCC3)cc(=O)[nH]2)cc1. The van der Waals surface area contributed by atoms with Crippen molar-refractivity contribution in [2.24, 2.45) is 0 Å². The van der Waals surface area contributed by atoms with Gasteiger partial charge in [0.25, 0.3) is 5.56 Å². The third-order valence-corrected chi connectivity index (χ3v) is 4.17. The lowest BCUT2D eigenvalue weighted by Crippen LogP contribution is -2.12. The fourth-order valence-corrected chi connectivity index (χ4v) is 2.94. The third-order valence-electron chi connectivity index (χ3n) is 4.17. The second-order valence-electron chi connectivity index (χ2n) is 5.55. The molecule has 3 nitrogen and oxygen atoms in total. The van der Waals surface area contributed by atoms with Gasteiger partial charge in [0.05, 0.1) is 5.69 Å². The van der Waals surface area contributed by atoms with Gasteiger partial charge < -0.3 is 4.98 Å². The Labute approximate surface area is 119 Å². The Bertz CT molecular complexity index is 637. The summed E-state index contributed by atoms with van der Waals surface area (Å²) in [7, 11) is 0. The zero-order valence-electron chi connectivity index (χ0n) is 11.9. The van der Waals surface area contributed by atoms with Crippen molar-refractivity contribution < 1.29 is 0 Å². The minimum atomic E-state index is -0.0449. The zero-order valence-corrected chi connectivity index (χ0v) is 11.9. The number of hydrogen-bond donors (Lipinski definition) is 1. The normalized spacial score (nSPS) is 15.7. The largest absolute Gasteiger partial charge is 0.307 e. The fraction of sp³-hybridized carbons (Fsp3) is 0.412. The van der Waals surface area contributed by atoms with Crippen molar-refractivity contribution in [3.63, 3.8) is 0 Å². The molecule has 1 heterocycles. The van der Waals surface area contributed by atoms with E-state index in [1.165, 1.54) is 18.4 Å². The van der Waals surface area contributed by atoms with E-state index < -0.39 is 0 Å². The van der Waals surface area contributed by atoms with E-state index in [0.29, 0.717) is 11.7 Å². The van der Waals surface area contributed by atoms with E-state index in [2.05, 4.69) is 29.0 Å². The maximum absolute atomic E-state index is 11.9. The molecular weight excluding hydrogens is 248 g/mol. The molecule has 3 heteroatoms. The first-order valence-corrected chi connectivity index (χ1v) is 7.47. The summed E-state index contributed by atoms with van der Waals surface area (Å²) in [5.41, 5.74) is 3.19. The molecule has 1 N–H and O–H groups in total. The lowest BCUT2D eigenvalue weighted by molar-refractivity contribution is 0.693. The lowest BCUT2D eigenvalue weighted by atomic mass is 10.0. The molecule has 104 valence electrons. The van der Waals surface area contributed by atoms with Gasteiger partial charge in [0.2, 0.25) is 0 Å². The summed E-state index contributed by atoms with van der Waals surface area (Å²) in [5.74, 6) is 1.16. The molecule has 0 radical (unpaired) electrons. The number of aryl methyl sites for hydroxylation is 1. The van der Waals surface area contributed by atoms with Crippen molar-refractivity contribution in [1.29, 1.82) is 0 Å². The van der Waals surface area contributed by atoms with Crippen molar-refractivity contribution in [3.05, 3.63) is 51.9 Å². The molecule has 0 aliphatic heterocycles. The molecule has 20 heavy (non-hydrogen) atoms. The summed E-state index contributed by atoms with van der Waals surface area (Å²) in [4.78, 5) is 19.4. The number of benzene rings is 1. The van der Waals surface area contributed by atoms with Crippen LogP contribution in [0.5, 0.6) is 0 Å². The summed E-state index contributed by atoms with van der Waals surface area (Å²) >= 11 is 0. The number of aromatic nitrogens is 2. The van der Waals surface area contributed by atoms with Gasteiger partial charge in [-0.25, -0.2) is 4.98 Å². The maximum atomic E-state index is 11.9. The van der Waals surface area contributed by atoms with Crippen LogP contribution in [-0.4, -0.2) is 9.97 Å². The highest BCUT2D eigenvalue weighted by atomic mass is 16.1.